The first-order chi connectivity index (χ1) is 8.69. The number of ether oxygens (including phenoxy) is 1. The molecule has 0 spiro atoms. The molecule has 1 heterocycles. The Morgan fingerprint density at radius 2 is 2.06 bits per heavy atom. The zero-order valence-corrected chi connectivity index (χ0v) is 11.9. The molecule has 2 rings (SSSR count). The molecular formula is C13H17N3OS. The minimum absolute atomic E-state index is 0.823. The van der Waals surface area contributed by atoms with Gasteiger partial charge in [-0.15, -0.1) is 0 Å². The fourth-order valence-electron chi connectivity index (χ4n) is 1.89. The van der Waals surface area contributed by atoms with Gasteiger partial charge in [-0.1, -0.05) is 6.07 Å². The topological polar surface area (TPSA) is 47.0 Å². The van der Waals surface area contributed by atoms with Crippen molar-refractivity contribution in [2.24, 2.45) is 0 Å². The second-order valence-electron chi connectivity index (χ2n) is 4.08. The Bertz CT molecular complexity index is 551. The molecule has 0 atom stereocenters. The molecule has 0 saturated carbocycles. The van der Waals surface area contributed by atoms with E-state index in [-0.39, 0.29) is 0 Å². The number of methoxy groups -OCH3 is 1. The average Bonchev–Trinajstić information content (AvgIpc) is 2.81. The fraction of sp³-hybridized carbons (Fsp3) is 0.385. The van der Waals surface area contributed by atoms with Gasteiger partial charge in [-0.05, 0) is 38.0 Å². The minimum Gasteiger partial charge on any atom is -0.496 e. The van der Waals surface area contributed by atoms with E-state index >= 15 is 0 Å². The van der Waals surface area contributed by atoms with Crippen molar-refractivity contribution in [1.29, 1.82) is 0 Å². The van der Waals surface area contributed by atoms with E-state index in [9.17, 15) is 0 Å². The summed E-state index contributed by atoms with van der Waals surface area (Å²) in [6, 6.07) is 4.13. The van der Waals surface area contributed by atoms with Gasteiger partial charge < -0.3 is 10.1 Å². The molecule has 0 amide bonds. The number of aromatic nitrogens is 2. The van der Waals surface area contributed by atoms with Gasteiger partial charge in [0.25, 0.3) is 0 Å². The highest BCUT2D eigenvalue weighted by molar-refractivity contribution is 6.99. The summed E-state index contributed by atoms with van der Waals surface area (Å²) in [5.74, 6) is 1.70. The molecule has 0 fully saturated rings. The third kappa shape index (κ3) is 2.18. The molecule has 0 aliphatic carbocycles. The van der Waals surface area contributed by atoms with Gasteiger partial charge in [-0.2, -0.15) is 8.75 Å². The fourth-order valence-corrected chi connectivity index (χ4v) is 2.43. The van der Waals surface area contributed by atoms with Gasteiger partial charge >= 0.3 is 0 Å². The quantitative estimate of drug-likeness (QED) is 0.919. The van der Waals surface area contributed by atoms with Crippen LogP contribution in [0.2, 0.25) is 0 Å². The van der Waals surface area contributed by atoms with E-state index in [1.54, 1.807) is 7.11 Å². The highest BCUT2D eigenvalue weighted by atomic mass is 32.1. The number of nitrogens with zero attached hydrogens (tertiary/aromatic N) is 2. The van der Waals surface area contributed by atoms with Crippen LogP contribution in [0.1, 0.15) is 18.1 Å². The van der Waals surface area contributed by atoms with Crippen LogP contribution in [0.25, 0.3) is 11.3 Å². The Labute approximate surface area is 111 Å². The maximum atomic E-state index is 5.52. The summed E-state index contributed by atoms with van der Waals surface area (Å²) in [4.78, 5) is 0. The molecule has 4 nitrogen and oxygen atoms in total. The Morgan fingerprint density at radius 3 is 2.72 bits per heavy atom. The standard InChI is InChI=1S/C13H17N3OS/c1-5-14-13-11(15-18-16-13)10-7-6-8(2)9(3)12(10)17-4/h6-7H,5H2,1-4H3,(H,14,16). The molecule has 0 aliphatic heterocycles. The van der Waals surface area contributed by atoms with Gasteiger partial charge in [0.05, 0.1) is 18.8 Å². The molecular weight excluding hydrogens is 246 g/mol. The largest absolute Gasteiger partial charge is 0.496 e. The molecule has 0 saturated heterocycles. The molecule has 2 aromatic rings. The van der Waals surface area contributed by atoms with E-state index in [1.165, 1.54) is 17.3 Å². The Kier molecular flexibility index (Phi) is 3.81. The van der Waals surface area contributed by atoms with Gasteiger partial charge in [0, 0.05) is 12.1 Å². The summed E-state index contributed by atoms with van der Waals surface area (Å²) in [7, 11) is 1.69. The maximum absolute atomic E-state index is 5.52. The molecule has 0 radical (unpaired) electrons. The van der Waals surface area contributed by atoms with Crippen LogP contribution in [0, 0.1) is 13.8 Å². The molecule has 0 bridgehead atoms. The molecule has 18 heavy (non-hydrogen) atoms. The van der Waals surface area contributed by atoms with Crippen LogP contribution in [0.5, 0.6) is 5.75 Å². The second kappa shape index (κ2) is 5.35. The first kappa shape index (κ1) is 12.8. The first-order valence-corrected chi connectivity index (χ1v) is 6.63. The number of anilines is 1. The van der Waals surface area contributed by atoms with Crippen molar-refractivity contribution in [3.05, 3.63) is 23.3 Å². The highest BCUT2D eigenvalue weighted by Crippen LogP contribution is 2.36. The molecule has 1 aromatic carbocycles. The SMILES string of the molecule is CCNc1nsnc1-c1ccc(C)c(C)c1OC. The summed E-state index contributed by atoms with van der Waals surface area (Å²) in [6.45, 7) is 7.00. The molecule has 1 aromatic heterocycles. The molecule has 96 valence electrons. The first-order valence-electron chi connectivity index (χ1n) is 5.90. The van der Waals surface area contributed by atoms with Gasteiger partial charge in [-0.3, -0.25) is 0 Å². The third-order valence-corrected chi connectivity index (χ3v) is 3.50. The number of nitrogens with one attached hydrogen (secondary N) is 1. The Balaban J connectivity index is 2.56. The summed E-state index contributed by atoms with van der Waals surface area (Å²) >= 11 is 1.21. The Morgan fingerprint density at radius 1 is 1.28 bits per heavy atom. The van der Waals surface area contributed by atoms with Crippen molar-refractivity contribution in [2.45, 2.75) is 20.8 Å². The van der Waals surface area contributed by atoms with Crippen molar-refractivity contribution in [3.63, 3.8) is 0 Å². The normalized spacial score (nSPS) is 10.4. The second-order valence-corrected chi connectivity index (χ2v) is 4.61. The summed E-state index contributed by atoms with van der Waals surface area (Å²) < 4.78 is 14.2. The third-order valence-electron chi connectivity index (χ3n) is 2.97. The lowest BCUT2D eigenvalue weighted by molar-refractivity contribution is 0.413. The summed E-state index contributed by atoms with van der Waals surface area (Å²) in [5, 5.41) is 3.22. The van der Waals surface area contributed by atoms with Crippen molar-refractivity contribution in [1.82, 2.24) is 8.75 Å². The van der Waals surface area contributed by atoms with E-state index in [4.69, 9.17) is 4.74 Å². The van der Waals surface area contributed by atoms with E-state index in [2.05, 4.69) is 34.0 Å². The van der Waals surface area contributed by atoms with Crippen molar-refractivity contribution < 1.29 is 4.74 Å². The van der Waals surface area contributed by atoms with Crippen LogP contribution in [0.3, 0.4) is 0 Å². The number of aryl methyl sites for hydroxylation is 1. The molecule has 0 unspecified atom stereocenters. The van der Waals surface area contributed by atoms with E-state index in [0.717, 1.165) is 34.9 Å². The van der Waals surface area contributed by atoms with Crippen molar-refractivity contribution in [2.75, 3.05) is 19.0 Å². The number of benzene rings is 1. The van der Waals surface area contributed by atoms with Crippen molar-refractivity contribution in [3.8, 4) is 17.0 Å². The predicted octanol–water partition coefficient (Wildman–Crippen LogP) is 3.26. The van der Waals surface area contributed by atoms with Gasteiger partial charge in [0.1, 0.15) is 11.4 Å². The van der Waals surface area contributed by atoms with Gasteiger partial charge in [0.2, 0.25) is 0 Å². The predicted molar refractivity (Wildman–Crippen MR) is 75.5 cm³/mol. The monoisotopic (exact) mass is 263 g/mol. The maximum Gasteiger partial charge on any atom is 0.168 e. The summed E-state index contributed by atoms with van der Waals surface area (Å²) in [5.41, 5.74) is 4.21. The number of rotatable bonds is 4. The van der Waals surface area contributed by atoms with Crippen LogP contribution < -0.4 is 10.1 Å². The van der Waals surface area contributed by atoms with Crippen LogP contribution in [-0.2, 0) is 0 Å². The minimum atomic E-state index is 0.823. The smallest absolute Gasteiger partial charge is 0.168 e. The lowest BCUT2D eigenvalue weighted by Crippen LogP contribution is -2.00. The molecule has 5 heteroatoms. The van der Waals surface area contributed by atoms with Crippen molar-refractivity contribution >= 4 is 17.5 Å². The van der Waals surface area contributed by atoms with E-state index in [1.807, 2.05) is 13.0 Å². The lowest BCUT2D eigenvalue weighted by atomic mass is 10.0. The highest BCUT2D eigenvalue weighted by Gasteiger charge is 2.16. The molecule has 1 N–H and O–H groups in total. The summed E-state index contributed by atoms with van der Waals surface area (Å²) in [6.07, 6.45) is 0. The van der Waals surface area contributed by atoms with Gasteiger partial charge in [-0.25, -0.2) is 0 Å². The van der Waals surface area contributed by atoms with Crippen LogP contribution in [-0.4, -0.2) is 22.4 Å². The average molecular weight is 263 g/mol. The Hall–Kier alpha value is -1.62. The van der Waals surface area contributed by atoms with E-state index < -0.39 is 0 Å². The van der Waals surface area contributed by atoms with Crippen LogP contribution >= 0.6 is 11.7 Å². The zero-order valence-electron chi connectivity index (χ0n) is 11.1. The number of hydrogen-bond donors (Lipinski definition) is 1. The van der Waals surface area contributed by atoms with Crippen LogP contribution in [0.15, 0.2) is 12.1 Å². The molecule has 0 aliphatic rings. The zero-order chi connectivity index (χ0) is 13.1. The van der Waals surface area contributed by atoms with Gasteiger partial charge in [0.15, 0.2) is 5.82 Å². The number of hydrogen-bond acceptors (Lipinski definition) is 5. The van der Waals surface area contributed by atoms with Crippen LogP contribution in [0.4, 0.5) is 5.82 Å². The lowest BCUT2D eigenvalue weighted by Gasteiger charge is -2.12. The van der Waals surface area contributed by atoms with E-state index in [0.29, 0.717) is 0 Å².